The standard InChI is InChI=1S/C17H11ClN2OS2/c18-11-4-1-3-10(7-11)8-14-19-16(21)15-12(9-23-17(15)20-14)13-5-2-6-22-13/h1-7,9H,8H2,(H,19,20,21). The Bertz CT molecular complexity index is 1030. The van der Waals surface area contributed by atoms with Crippen LogP contribution in [0.25, 0.3) is 20.7 Å². The van der Waals surface area contributed by atoms with Gasteiger partial charge in [0.2, 0.25) is 0 Å². The van der Waals surface area contributed by atoms with E-state index in [-0.39, 0.29) is 5.56 Å². The average molecular weight is 359 g/mol. The molecule has 0 amide bonds. The Hall–Kier alpha value is -1.95. The normalized spacial score (nSPS) is 11.2. The molecule has 0 saturated carbocycles. The van der Waals surface area contributed by atoms with Crippen LogP contribution < -0.4 is 5.56 Å². The van der Waals surface area contributed by atoms with Gasteiger partial charge in [-0.1, -0.05) is 29.8 Å². The summed E-state index contributed by atoms with van der Waals surface area (Å²) in [5.41, 5.74) is 1.90. The van der Waals surface area contributed by atoms with Crippen LogP contribution in [0.2, 0.25) is 5.02 Å². The van der Waals surface area contributed by atoms with Crippen LogP contribution in [0.1, 0.15) is 11.4 Å². The minimum atomic E-state index is -0.0864. The van der Waals surface area contributed by atoms with E-state index >= 15 is 0 Å². The first-order valence-corrected chi connectivity index (χ1v) is 9.13. The number of benzene rings is 1. The van der Waals surface area contributed by atoms with Crippen molar-refractivity contribution in [2.75, 3.05) is 0 Å². The van der Waals surface area contributed by atoms with E-state index in [9.17, 15) is 4.79 Å². The minimum absolute atomic E-state index is 0.0864. The summed E-state index contributed by atoms with van der Waals surface area (Å²) in [6, 6.07) is 11.6. The molecule has 0 bridgehead atoms. The summed E-state index contributed by atoms with van der Waals surface area (Å²) in [6.45, 7) is 0. The van der Waals surface area contributed by atoms with Crippen LogP contribution in [0.4, 0.5) is 0 Å². The molecule has 6 heteroatoms. The van der Waals surface area contributed by atoms with E-state index in [0.717, 1.165) is 20.8 Å². The van der Waals surface area contributed by atoms with E-state index in [0.29, 0.717) is 22.7 Å². The Kier molecular flexibility index (Phi) is 3.77. The lowest BCUT2D eigenvalue weighted by Gasteiger charge is -2.02. The van der Waals surface area contributed by atoms with Crippen molar-refractivity contribution in [1.29, 1.82) is 0 Å². The third-order valence-electron chi connectivity index (χ3n) is 3.54. The zero-order valence-electron chi connectivity index (χ0n) is 11.9. The number of nitrogens with one attached hydrogen (secondary N) is 1. The van der Waals surface area contributed by atoms with Gasteiger partial charge < -0.3 is 4.98 Å². The molecular formula is C17H11ClN2OS2. The molecule has 0 aliphatic carbocycles. The Morgan fingerprint density at radius 2 is 2.09 bits per heavy atom. The zero-order valence-corrected chi connectivity index (χ0v) is 14.3. The van der Waals surface area contributed by atoms with Crippen molar-refractivity contribution in [3.8, 4) is 10.4 Å². The van der Waals surface area contributed by atoms with Crippen molar-refractivity contribution in [3.63, 3.8) is 0 Å². The van der Waals surface area contributed by atoms with E-state index in [1.165, 1.54) is 11.3 Å². The fourth-order valence-corrected chi connectivity index (χ4v) is 4.52. The van der Waals surface area contributed by atoms with Crippen LogP contribution in [0.5, 0.6) is 0 Å². The molecule has 3 aromatic heterocycles. The molecule has 1 aromatic carbocycles. The molecule has 4 aromatic rings. The van der Waals surface area contributed by atoms with E-state index in [1.807, 2.05) is 47.2 Å². The summed E-state index contributed by atoms with van der Waals surface area (Å²) >= 11 is 9.14. The number of halogens is 1. The number of hydrogen-bond acceptors (Lipinski definition) is 4. The number of H-pyrrole nitrogens is 1. The second-order valence-corrected chi connectivity index (χ2v) is 7.37. The fourth-order valence-electron chi connectivity index (χ4n) is 2.53. The van der Waals surface area contributed by atoms with Crippen molar-refractivity contribution >= 4 is 44.5 Å². The highest BCUT2D eigenvalue weighted by Crippen LogP contribution is 2.33. The number of hydrogen-bond donors (Lipinski definition) is 1. The second kappa shape index (κ2) is 5.92. The molecule has 4 rings (SSSR count). The van der Waals surface area contributed by atoms with Gasteiger partial charge in [-0.15, -0.1) is 22.7 Å². The third-order valence-corrected chi connectivity index (χ3v) is 5.55. The number of thiophene rings is 2. The Labute approximate surface area is 145 Å². The average Bonchev–Trinajstić information content (AvgIpc) is 3.15. The molecule has 1 N–H and O–H groups in total. The molecule has 0 saturated heterocycles. The highest BCUT2D eigenvalue weighted by Gasteiger charge is 2.13. The van der Waals surface area contributed by atoms with Gasteiger partial charge in [0.25, 0.3) is 5.56 Å². The van der Waals surface area contributed by atoms with E-state index < -0.39 is 0 Å². The quantitative estimate of drug-likeness (QED) is 0.562. The molecule has 0 fully saturated rings. The molecule has 0 aliphatic heterocycles. The first-order chi connectivity index (χ1) is 11.2. The maximum Gasteiger partial charge on any atom is 0.260 e. The Morgan fingerprint density at radius 1 is 1.17 bits per heavy atom. The zero-order chi connectivity index (χ0) is 15.8. The van der Waals surface area contributed by atoms with Crippen LogP contribution in [0.15, 0.2) is 52.0 Å². The van der Waals surface area contributed by atoms with Crippen molar-refractivity contribution in [2.24, 2.45) is 0 Å². The van der Waals surface area contributed by atoms with Crippen LogP contribution in [-0.2, 0) is 6.42 Å². The topological polar surface area (TPSA) is 45.8 Å². The lowest BCUT2D eigenvalue weighted by Crippen LogP contribution is -2.11. The van der Waals surface area contributed by atoms with E-state index in [2.05, 4.69) is 9.97 Å². The second-order valence-electron chi connectivity index (χ2n) is 5.13. The third kappa shape index (κ3) is 2.83. The molecule has 0 aliphatic rings. The van der Waals surface area contributed by atoms with Gasteiger partial charge in [-0.2, -0.15) is 0 Å². The number of rotatable bonds is 3. The van der Waals surface area contributed by atoms with Crippen LogP contribution in [0.3, 0.4) is 0 Å². The highest BCUT2D eigenvalue weighted by molar-refractivity contribution is 7.18. The summed E-state index contributed by atoms with van der Waals surface area (Å²) in [6.07, 6.45) is 0.554. The summed E-state index contributed by atoms with van der Waals surface area (Å²) in [7, 11) is 0. The summed E-state index contributed by atoms with van der Waals surface area (Å²) < 4.78 is 0. The first kappa shape index (κ1) is 14.6. The molecule has 3 heterocycles. The van der Waals surface area contributed by atoms with Crippen LogP contribution in [-0.4, -0.2) is 9.97 Å². The molecule has 0 spiro atoms. The molecule has 0 atom stereocenters. The summed E-state index contributed by atoms with van der Waals surface area (Å²) in [5.74, 6) is 0.657. The van der Waals surface area contributed by atoms with Gasteiger partial charge in [0.15, 0.2) is 0 Å². The van der Waals surface area contributed by atoms with Gasteiger partial charge in [0.1, 0.15) is 10.7 Å². The van der Waals surface area contributed by atoms with Gasteiger partial charge in [-0.25, -0.2) is 4.98 Å². The largest absolute Gasteiger partial charge is 0.310 e. The van der Waals surface area contributed by atoms with Gasteiger partial charge in [0.05, 0.1) is 5.39 Å². The molecular weight excluding hydrogens is 348 g/mol. The predicted octanol–water partition coefficient (Wildman–Crippen LogP) is 4.96. The Morgan fingerprint density at radius 3 is 2.87 bits per heavy atom. The van der Waals surface area contributed by atoms with Gasteiger partial charge in [-0.05, 0) is 29.1 Å². The van der Waals surface area contributed by atoms with Crippen LogP contribution >= 0.6 is 34.3 Å². The lowest BCUT2D eigenvalue weighted by molar-refractivity contribution is 0.977. The van der Waals surface area contributed by atoms with Crippen molar-refractivity contribution < 1.29 is 0 Å². The van der Waals surface area contributed by atoms with Gasteiger partial charge in [-0.3, -0.25) is 4.79 Å². The van der Waals surface area contributed by atoms with Gasteiger partial charge >= 0.3 is 0 Å². The predicted molar refractivity (Wildman–Crippen MR) is 97.8 cm³/mol. The van der Waals surface area contributed by atoms with E-state index in [4.69, 9.17) is 11.6 Å². The van der Waals surface area contributed by atoms with Gasteiger partial charge in [0, 0.05) is 27.3 Å². The van der Waals surface area contributed by atoms with Crippen molar-refractivity contribution in [1.82, 2.24) is 9.97 Å². The molecule has 0 radical (unpaired) electrons. The van der Waals surface area contributed by atoms with Crippen molar-refractivity contribution in [2.45, 2.75) is 6.42 Å². The van der Waals surface area contributed by atoms with E-state index in [1.54, 1.807) is 11.3 Å². The van der Waals surface area contributed by atoms with Crippen LogP contribution in [0, 0.1) is 0 Å². The number of aromatic amines is 1. The summed E-state index contributed by atoms with van der Waals surface area (Å²) in [5, 5.41) is 5.37. The lowest BCUT2D eigenvalue weighted by atomic mass is 10.1. The SMILES string of the molecule is O=c1[nH]c(Cc2cccc(Cl)c2)nc2scc(-c3cccs3)c12. The summed E-state index contributed by atoms with van der Waals surface area (Å²) in [4.78, 5) is 21.9. The maximum absolute atomic E-state index is 12.5. The molecule has 114 valence electrons. The first-order valence-electron chi connectivity index (χ1n) is 6.99. The molecule has 3 nitrogen and oxygen atoms in total. The Balaban J connectivity index is 1.78. The smallest absolute Gasteiger partial charge is 0.260 e. The number of aromatic nitrogens is 2. The minimum Gasteiger partial charge on any atom is -0.310 e. The molecule has 23 heavy (non-hydrogen) atoms. The number of nitrogens with zero attached hydrogens (tertiary/aromatic N) is 1. The monoisotopic (exact) mass is 358 g/mol. The molecule has 0 unspecified atom stereocenters. The number of fused-ring (bicyclic) bond motifs is 1. The van der Waals surface area contributed by atoms with Crippen molar-refractivity contribution in [3.05, 3.63) is 73.9 Å². The maximum atomic E-state index is 12.5. The highest BCUT2D eigenvalue weighted by atomic mass is 35.5. The fraction of sp³-hybridized carbons (Fsp3) is 0.0588.